The molecule has 0 spiro atoms. The third-order valence-electron chi connectivity index (χ3n) is 5.75. The van der Waals surface area contributed by atoms with E-state index in [2.05, 4.69) is 12.2 Å². The molecule has 0 saturated carbocycles. The molecule has 1 heterocycles. The Kier molecular flexibility index (Phi) is 10.1. The molecule has 2 aromatic carbocycles. The average molecular weight is 469 g/mol. The number of amides is 2. The fourth-order valence-corrected chi connectivity index (χ4v) is 3.95. The number of unbranched alkanes of at least 4 members (excludes halogenated alkanes) is 1. The third-order valence-corrected chi connectivity index (χ3v) is 5.75. The molecule has 3 rings (SSSR count). The van der Waals surface area contributed by atoms with Gasteiger partial charge >= 0.3 is 0 Å². The molecule has 0 aliphatic carbocycles. The number of nitrogens with zero attached hydrogens (tertiary/aromatic N) is 1. The summed E-state index contributed by atoms with van der Waals surface area (Å²) in [4.78, 5) is 27.4. The summed E-state index contributed by atoms with van der Waals surface area (Å²) >= 11 is 0. The van der Waals surface area contributed by atoms with Crippen molar-refractivity contribution in [3.63, 3.8) is 0 Å². The van der Waals surface area contributed by atoms with Crippen molar-refractivity contribution in [2.45, 2.75) is 39.5 Å². The summed E-state index contributed by atoms with van der Waals surface area (Å²) in [6.07, 6.45) is 3.63. The van der Waals surface area contributed by atoms with Crippen molar-refractivity contribution < 1.29 is 23.8 Å². The van der Waals surface area contributed by atoms with Crippen molar-refractivity contribution in [3.05, 3.63) is 54.1 Å². The van der Waals surface area contributed by atoms with Gasteiger partial charge in [-0.2, -0.15) is 0 Å². The van der Waals surface area contributed by atoms with Gasteiger partial charge in [-0.15, -0.1) is 0 Å². The van der Waals surface area contributed by atoms with Crippen molar-refractivity contribution in [2.24, 2.45) is 5.92 Å². The standard InChI is InChI=1S/C27H36N2O5/c1-3-5-15-28-26(30)22-10-9-16-29(20-22)27(31)21-13-14-24(25(19-21)32-4-2)34-18-17-33-23-11-7-6-8-12-23/h6-8,11-14,19,22H,3-5,9-10,15-18,20H2,1-2H3,(H,28,30). The van der Waals surface area contributed by atoms with Crippen LogP contribution in [0.15, 0.2) is 48.5 Å². The second-order valence-corrected chi connectivity index (χ2v) is 8.34. The van der Waals surface area contributed by atoms with Crippen LogP contribution in [-0.4, -0.2) is 56.2 Å². The highest BCUT2D eigenvalue weighted by Crippen LogP contribution is 2.30. The van der Waals surface area contributed by atoms with Crippen LogP contribution in [0.5, 0.6) is 17.2 Å². The predicted molar refractivity (Wildman–Crippen MR) is 132 cm³/mol. The molecule has 2 amide bonds. The van der Waals surface area contributed by atoms with Gasteiger partial charge in [0, 0.05) is 25.2 Å². The topological polar surface area (TPSA) is 77.1 Å². The summed E-state index contributed by atoms with van der Waals surface area (Å²) in [5, 5.41) is 3.00. The molecule has 1 saturated heterocycles. The molecule has 7 nitrogen and oxygen atoms in total. The lowest BCUT2D eigenvalue weighted by Gasteiger charge is -2.32. The van der Waals surface area contributed by atoms with E-state index in [1.54, 1.807) is 23.1 Å². The number of nitrogens with one attached hydrogen (secondary N) is 1. The van der Waals surface area contributed by atoms with Gasteiger partial charge in [0.1, 0.15) is 19.0 Å². The number of benzene rings is 2. The Morgan fingerprint density at radius 3 is 2.56 bits per heavy atom. The highest BCUT2D eigenvalue weighted by molar-refractivity contribution is 5.95. The number of hydrogen-bond donors (Lipinski definition) is 1. The zero-order valence-corrected chi connectivity index (χ0v) is 20.3. The minimum absolute atomic E-state index is 0.0439. The first-order chi connectivity index (χ1) is 16.6. The molecule has 7 heteroatoms. The lowest BCUT2D eigenvalue weighted by molar-refractivity contribution is -0.126. The van der Waals surface area contributed by atoms with Crippen molar-refractivity contribution in [3.8, 4) is 17.2 Å². The maximum Gasteiger partial charge on any atom is 0.254 e. The maximum absolute atomic E-state index is 13.2. The third kappa shape index (κ3) is 7.40. The van der Waals surface area contributed by atoms with E-state index in [4.69, 9.17) is 14.2 Å². The number of hydrogen-bond acceptors (Lipinski definition) is 5. The monoisotopic (exact) mass is 468 g/mol. The van der Waals surface area contributed by atoms with Crippen molar-refractivity contribution in [1.29, 1.82) is 0 Å². The van der Waals surface area contributed by atoms with Gasteiger partial charge in [0.15, 0.2) is 11.5 Å². The number of carbonyl (C=O) groups excluding carboxylic acids is 2. The molecule has 184 valence electrons. The van der Waals surface area contributed by atoms with Crippen LogP contribution in [0.3, 0.4) is 0 Å². The van der Waals surface area contributed by atoms with Crippen LogP contribution >= 0.6 is 0 Å². The van der Waals surface area contributed by atoms with Gasteiger partial charge in [-0.1, -0.05) is 31.5 Å². The van der Waals surface area contributed by atoms with Gasteiger partial charge in [-0.25, -0.2) is 0 Å². The number of para-hydroxylation sites is 1. The molecule has 0 bridgehead atoms. The van der Waals surface area contributed by atoms with E-state index in [-0.39, 0.29) is 17.7 Å². The Morgan fingerprint density at radius 2 is 1.79 bits per heavy atom. The summed E-state index contributed by atoms with van der Waals surface area (Å²) in [6.45, 7) is 6.97. The van der Waals surface area contributed by atoms with Crippen LogP contribution in [-0.2, 0) is 4.79 Å². The number of ether oxygens (including phenoxy) is 3. The molecule has 0 aromatic heterocycles. The Morgan fingerprint density at radius 1 is 1.00 bits per heavy atom. The smallest absolute Gasteiger partial charge is 0.254 e. The molecule has 34 heavy (non-hydrogen) atoms. The van der Waals surface area contributed by atoms with E-state index < -0.39 is 0 Å². The first kappa shape index (κ1) is 25.4. The first-order valence-electron chi connectivity index (χ1n) is 12.3. The van der Waals surface area contributed by atoms with Gasteiger partial charge in [0.25, 0.3) is 5.91 Å². The number of carbonyl (C=O) groups is 2. The second kappa shape index (κ2) is 13.5. The Balaban J connectivity index is 1.58. The van der Waals surface area contributed by atoms with E-state index in [0.29, 0.717) is 56.5 Å². The Hall–Kier alpha value is -3.22. The summed E-state index contributed by atoms with van der Waals surface area (Å²) in [5.74, 6) is 1.68. The zero-order valence-electron chi connectivity index (χ0n) is 20.3. The maximum atomic E-state index is 13.2. The van der Waals surface area contributed by atoms with Crippen LogP contribution in [0, 0.1) is 5.92 Å². The number of likely N-dealkylation sites (tertiary alicyclic amines) is 1. The molecule has 1 aliphatic rings. The summed E-state index contributed by atoms with van der Waals surface area (Å²) in [6, 6.07) is 14.8. The van der Waals surface area contributed by atoms with Crippen LogP contribution in [0.4, 0.5) is 0 Å². The second-order valence-electron chi connectivity index (χ2n) is 8.34. The molecule has 1 atom stereocenters. The van der Waals surface area contributed by atoms with Crippen molar-refractivity contribution in [1.82, 2.24) is 10.2 Å². The molecular formula is C27H36N2O5. The van der Waals surface area contributed by atoms with E-state index in [0.717, 1.165) is 31.4 Å². The van der Waals surface area contributed by atoms with E-state index >= 15 is 0 Å². The van der Waals surface area contributed by atoms with Gasteiger partial charge in [0.05, 0.1) is 12.5 Å². The minimum atomic E-state index is -0.159. The van der Waals surface area contributed by atoms with E-state index in [1.165, 1.54) is 0 Å². The lowest BCUT2D eigenvalue weighted by atomic mass is 9.96. The van der Waals surface area contributed by atoms with Crippen LogP contribution in [0.1, 0.15) is 49.9 Å². The number of piperidine rings is 1. The van der Waals surface area contributed by atoms with Gasteiger partial charge < -0.3 is 24.4 Å². The Labute approximate surface area is 202 Å². The first-order valence-corrected chi connectivity index (χ1v) is 12.3. The molecule has 1 aliphatic heterocycles. The molecule has 0 radical (unpaired) electrons. The van der Waals surface area contributed by atoms with Gasteiger partial charge in [-0.3, -0.25) is 9.59 Å². The highest BCUT2D eigenvalue weighted by Gasteiger charge is 2.29. The predicted octanol–water partition coefficient (Wildman–Crippen LogP) is 4.31. The lowest BCUT2D eigenvalue weighted by Crippen LogP contribution is -2.45. The van der Waals surface area contributed by atoms with Crippen LogP contribution < -0.4 is 19.5 Å². The highest BCUT2D eigenvalue weighted by atomic mass is 16.5. The van der Waals surface area contributed by atoms with Gasteiger partial charge in [0.2, 0.25) is 5.91 Å². The van der Waals surface area contributed by atoms with Crippen LogP contribution in [0.25, 0.3) is 0 Å². The average Bonchev–Trinajstić information content (AvgIpc) is 2.88. The van der Waals surface area contributed by atoms with Gasteiger partial charge in [-0.05, 0) is 56.5 Å². The fraction of sp³-hybridized carbons (Fsp3) is 0.481. The molecular weight excluding hydrogens is 432 g/mol. The molecule has 1 unspecified atom stereocenters. The minimum Gasteiger partial charge on any atom is -0.490 e. The summed E-state index contributed by atoms with van der Waals surface area (Å²) in [7, 11) is 0. The Bertz CT molecular complexity index is 918. The largest absolute Gasteiger partial charge is 0.490 e. The van der Waals surface area contributed by atoms with Crippen molar-refractivity contribution in [2.75, 3.05) is 39.5 Å². The normalized spacial score (nSPS) is 15.5. The summed E-state index contributed by atoms with van der Waals surface area (Å²) in [5.41, 5.74) is 0.531. The molecule has 1 fully saturated rings. The number of rotatable bonds is 12. The summed E-state index contributed by atoms with van der Waals surface area (Å²) < 4.78 is 17.3. The van der Waals surface area contributed by atoms with Crippen LogP contribution in [0.2, 0.25) is 0 Å². The fourth-order valence-electron chi connectivity index (χ4n) is 3.95. The SMILES string of the molecule is CCCCNC(=O)C1CCCN(C(=O)c2ccc(OCCOc3ccccc3)c(OCC)c2)C1. The van der Waals surface area contributed by atoms with E-state index in [1.807, 2.05) is 37.3 Å². The molecule has 2 aromatic rings. The van der Waals surface area contributed by atoms with Crippen molar-refractivity contribution >= 4 is 11.8 Å². The molecule has 1 N–H and O–H groups in total. The van der Waals surface area contributed by atoms with E-state index in [9.17, 15) is 9.59 Å². The quantitative estimate of drug-likeness (QED) is 0.470. The zero-order chi connectivity index (χ0) is 24.2.